The number of carbonyl (C=O) groups excluding carboxylic acids is 1. The summed E-state index contributed by atoms with van der Waals surface area (Å²) in [7, 11) is 0. The number of benzene rings is 2. The molecule has 0 unspecified atom stereocenters. The highest BCUT2D eigenvalue weighted by Gasteiger charge is 2.29. The van der Waals surface area contributed by atoms with E-state index in [1.54, 1.807) is 24.3 Å². The highest BCUT2D eigenvalue weighted by Crippen LogP contribution is 2.42. The van der Waals surface area contributed by atoms with Gasteiger partial charge in [0.25, 0.3) is 5.91 Å². The van der Waals surface area contributed by atoms with Crippen molar-refractivity contribution in [2.75, 3.05) is 5.32 Å². The van der Waals surface area contributed by atoms with Crippen molar-refractivity contribution < 1.29 is 13.6 Å². The molecule has 1 aliphatic carbocycles. The third-order valence-electron chi connectivity index (χ3n) is 6.12. The molecular formula is C26H23ClFN3O2. The van der Waals surface area contributed by atoms with E-state index in [1.165, 1.54) is 18.4 Å². The predicted octanol–water partition coefficient (Wildman–Crippen LogP) is 7.28. The van der Waals surface area contributed by atoms with E-state index in [9.17, 15) is 9.18 Å². The minimum atomic E-state index is -0.359. The summed E-state index contributed by atoms with van der Waals surface area (Å²) in [5.41, 5.74) is 3.23. The summed E-state index contributed by atoms with van der Waals surface area (Å²) < 4.78 is 21.1. The summed E-state index contributed by atoms with van der Waals surface area (Å²) in [5, 5.41) is 3.69. The minimum absolute atomic E-state index is 0.184. The number of aryl methyl sites for hydroxylation is 1. The Morgan fingerprint density at radius 2 is 1.91 bits per heavy atom. The number of hydrogen-bond acceptors (Lipinski definition) is 3. The average molecular weight is 464 g/mol. The Hall–Kier alpha value is -3.38. The Balaban J connectivity index is 1.73. The number of halogens is 2. The molecule has 0 atom stereocenters. The molecule has 2 aromatic carbocycles. The normalized spacial score (nSPS) is 14.0. The molecule has 0 aliphatic heterocycles. The summed E-state index contributed by atoms with van der Waals surface area (Å²) in [6, 6.07) is 15.3. The zero-order valence-corrected chi connectivity index (χ0v) is 18.9. The molecule has 4 aromatic rings. The van der Waals surface area contributed by atoms with Gasteiger partial charge < -0.3 is 14.3 Å². The summed E-state index contributed by atoms with van der Waals surface area (Å²) in [5.74, 6) is 0.860. The largest absolute Gasteiger partial charge is 0.459 e. The maximum absolute atomic E-state index is 13.7. The zero-order chi connectivity index (χ0) is 22.9. The predicted molar refractivity (Wildman–Crippen MR) is 127 cm³/mol. The fourth-order valence-corrected chi connectivity index (χ4v) is 4.75. The van der Waals surface area contributed by atoms with Gasteiger partial charge in [-0.2, -0.15) is 0 Å². The Kier molecular flexibility index (Phi) is 5.77. The van der Waals surface area contributed by atoms with Gasteiger partial charge in [-0.15, -0.1) is 0 Å². The number of hydrogen-bond donors (Lipinski definition) is 1. The molecule has 2 heterocycles. The van der Waals surface area contributed by atoms with Gasteiger partial charge in [0.1, 0.15) is 23.2 Å². The number of imidazole rings is 1. The van der Waals surface area contributed by atoms with Crippen molar-refractivity contribution in [3.8, 4) is 22.6 Å². The van der Waals surface area contributed by atoms with Gasteiger partial charge in [0.2, 0.25) is 0 Å². The SMILES string of the molecule is Cc1cc(Cl)ccc1-c1nc(-c2ccc(F)cc2)c(NC(=O)c2ccco2)n1C1CCCC1. The topological polar surface area (TPSA) is 60.1 Å². The number of anilines is 1. The lowest BCUT2D eigenvalue weighted by molar-refractivity contribution is 0.0995. The number of amides is 1. The van der Waals surface area contributed by atoms with Crippen LogP contribution in [0, 0.1) is 12.7 Å². The second kappa shape index (κ2) is 8.87. The van der Waals surface area contributed by atoms with Crippen LogP contribution in [0.3, 0.4) is 0 Å². The highest BCUT2D eigenvalue weighted by molar-refractivity contribution is 6.30. The lowest BCUT2D eigenvalue weighted by Gasteiger charge is -2.20. The van der Waals surface area contributed by atoms with Gasteiger partial charge in [-0.1, -0.05) is 24.4 Å². The van der Waals surface area contributed by atoms with Crippen LogP contribution in [0.4, 0.5) is 10.2 Å². The maximum atomic E-state index is 13.7. The number of furan rings is 1. The Morgan fingerprint density at radius 3 is 2.58 bits per heavy atom. The van der Waals surface area contributed by atoms with Gasteiger partial charge in [-0.05, 0) is 79.9 Å². The van der Waals surface area contributed by atoms with Crippen molar-refractivity contribution in [1.82, 2.24) is 9.55 Å². The first kappa shape index (κ1) is 21.5. The molecule has 0 saturated heterocycles. The first-order valence-electron chi connectivity index (χ1n) is 11.0. The maximum Gasteiger partial charge on any atom is 0.292 e. The fourth-order valence-electron chi connectivity index (χ4n) is 4.52. The number of nitrogens with zero attached hydrogens (tertiary/aromatic N) is 2. The standard InChI is InChI=1S/C26H23ClFN3O2/c1-16-15-18(27)10-13-21(16)24-29-23(17-8-11-19(28)12-9-17)25(31(24)20-5-2-3-6-20)30-26(32)22-7-4-14-33-22/h4,7-15,20H,2-3,5-6H2,1H3,(H,30,32). The monoisotopic (exact) mass is 463 g/mol. The van der Waals surface area contributed by atoms with Crippen LogP contribution < -0.4 is 5.32 Å². The van der Waals surface area contributed by atoms with Crippen molar-refractivity contribution in [3.63, 3.8) is 0 Å². The van der Waals surface area contributed by atoms with Crippen LogP contribution in [0.15, 0.2) is 65.3 Å². The lowest BCUT2D eigenvalue weighted by atomic mass is 10.1. The molecule has 1 fully saturated rings. The molecule has 0 bridgehead atoms. The van der Waals surface area contributed by atoms with Crippen molar-refractivity contribution in [1.29, 1.82) is 0 Å². The van der Waals surface area contributed by atoms with Crippen LogP contribution in [0.1, 0.15) is 47.8 Å². The van der Waals surface area contributed by atoms with E-state index >= 15 is 0 Å². The van der Waals surface area contributed by atoms with Crippen LogP contribution in [0.5, 0.6) is 0 Å². The molecular weight excluding hydrogens is 441 g/mol. The van der Waals surface area contributed by atoms with E-state index < -0.39 is 0 Å². The van der Waals surface area contributed by atoms with Gasteiger partial charge in [0, 0.05) is 22.2 Å². The molecule has 7 heteroatoms. The second-order valence-corrected chi connectivity index (χ2v) is 8.77. The van der Waals surface area contributed by atoms with Crippen LogP contribution in [0.2, 0.25) is 5.02 Å². The lowest BCUT2D eigenvalue weighted by Crippen LogP contribution is -2.17. The van der Waals surface area contributed by atoms with E-state index in [4.69, 9.17) is 21.0 Å². The molecule has 1 N–H and O–H groups in total. The van der Waals surface area contributed by atoms with E-state index in [1.807, 2.05) is 25.1 Å². The van der Waals surface area contributed by atoms with Crippen LogP contribution in [-0.2, 0) is 0 Å². The van der Waals surface area contributed by atoms with Crippen molar-refractivity contribution in [2.24, 2.45) is 0 Å². The van der Waals surface area contributed by atoms with E-state index in [-0.39, 0.29) is 23.5 Å². The number of nitrogens with one attached hydrogen (secondary N) is 1. The molecule has 0 spiro atoms. The number of rotatable bonds is 5. The molecule has 168 valence electrons. The molecule has 33 heavy (non-hydrogen) atoms. The molecule has 5 rings (SSSR count). The molecule has 0 radical (unpaired) electrons. The number of carbonyl (C=O) groups is 1. The summed E-state index contributed by atoms with van der Waals surface area (Å²) in [6.07, 6.45) is 5.66. The van der Waals surface area contributed by atoms with Gasteiger partial charge >= 0.3 is 0 Å². The first-order chi connectivity index (χ1) is 16.0. The van der Waals surface area contributed by atoms with Crippen LogP contribution in [-0.4, -0.2) is 15.5 Å². The molecule has 1 saturated carbocycles. The highest BCUT2D eigenvalue weighted by atomic mass is 35.5. The molecule has 2 aromatic heterocycles. The third kappa shape index (κ3) is 4.18. The number of aromatic nitrogens is 2. The smallest absolute Gasteiger partial charge is 0.292 e. The zero-order valence-electron chi connectivity index (χ0n) is 18.1. The van der Waals surface area contributed by atoms with Crippen molar-refractivity contribution in [3.05, 3.63) is 83.0 Å². The molecule has 1 aliphatic rings. The minimum Gasteiger partial charge on any atom is -0.459 e. The summed E-state index contributed by atoms with van der Waals surface area (Å²) >= 11 is 6.21. The van der Waals surface area contributed by atoms with Crippen molar-refractivity contribution >= 4 is 23.3 Å². The van der Waals surface area contributed by atoms with Crippen LogP contribution in [0.25, 0.3) is 22.6 Å². The third-order valence-corrected chi connectivity index (χ3v) is 6.36. The Labute approximate surface area is 196 Å². The Morgan fingerprint density at radius 1 is 1.15 bits per heavy atom. The summed E-state index contributed by atoms with van der Waals surface area (Å²) in [4.78, 5) is 18.0. The fraction of sp³-hybridized carbons (Fsp3) is 0.231. The summed E-state index contributed by atoms with van der Waals surface area (Å²) in [6.45, 7) is 1.99. The van der Waals surface area contributed by atoms with Crippen LogP contribution >= 0.6 is 11.6 Å². The van der Waals surface area contributed by atoms with Crippen molar-refractivity contribution in [2.45, 2.75) is 38.6 Å². The first-order valence-corrected chi connectivity index (χ1v) is 11.4. The van der Waals surface area contributed by atoms with E-state index in [0.717, 1.165) is 48.2 Å². The quantitative estimate of drug-likeness (QED) is 0.338. The van der Waals surface area contributed by atoms with Gasteiger partial charge in [-0.25, -0.2) is 9.37 Å². The van der Waals surface area contributed by atoms with E-state index in [2.05, 4.69) is 9.88 Å². The molecule has 5 nitrogen and oxygen atoms in total. The van der Waals surface area contributed by atoms with E-state index in [0.29, 0.717) is 16.5 Å². The van der Waals surface area contributed by atoms with Gasteiger partial charge in [-0.3, -0.25) is 4.79 Å². The van der Waals surface area contributed by atoms with Gasteiger partial charge in [0.05, 0.1) is 6.26 Å². The second-order valence-electron chi connectivity index (χ2n) is 8.34. The molecule has 1 amide bonds. The Bertz CT molecular complexity index is 1290. The average Bonchev–Trinajstić information content (AvgIpc) is 3.56. The van der Waals surface area contributed by atoms with Gasteiger partial charge in [0.15, 0.2) is 5.76 Å².